The van der Waals surface area contributed by atoms with Crippen LogP contribution in [-0.2, 0) is 65.4 Å². The normalized spacial score (nSPS) is 14.6. The predicted octanol–water partition coefficient (Wildman–Crippen LogP) is 23.7. The van der Waals surface area contributed by atoms with Gasteiger partial charge in [-0.05, 0) is 141 Å². The van der Waals surface area contributed by atoms with E-state index >= 15 is 0 Å². The molecule has 0 aromatic rings. The molecular weight excluding hydrogens is 1350 g/mol. The van der Waals surface area contributed by atoms with Gasteiger partial charge in [-0.25, -0.2) is 9.13 Å². The Hall–Kier alpha value is -4.80. The molecule has 0 radical (unpaired) electrons. The van der Waals surface area contributed by atoms with Crippen molar-refractivity contribution in [2.75, 3.05) is 39.6 Å². The number of unbranched alkanes of at least 4 members (excludes halogenated alkanes) is 27. The molecule has 0 aliphatic rings. The van der Waals surface area contributed by atoms with Gasteiger partial charge in [-0.2, -0.15) is 0 Å². The van der Waals surface area contributed by atoms with Crippen LogP contribution in [0.15, 0.2) is 134 Å². The lowest BCUT2D eigenvalue weighted by molar-refractivity contribution is -0.161. The Balaban J connectivity index is 5.38. The smallest absolute Gasteiger partial charge is 0.462 e. The van der Waals surface area contributed by atoms with E-state index in [-0.39, 0.29) is 25.7 Å². The molecule has 0 heterocycles. The average Bonchev–Trinajstić information content (AvgIpc) is 0.930. The third-order valence-corrected chi connectivity index (χ3v) is 18.5. The van der Waals surface area contributed by atoms with Gasteiger partial charge in [-0.1, -0.05) is 290 Å². The topological polar surface area (TPSA) is 237 Å². The maximum atomic E-state index is 13.1. The number of rotatable bonds is 75. The predicted molar refractivity (Wildman–Crippen MR) is 427 cm³/mol. The second kappa shape index (κ2) is 76.4. The molecule has 5 atom stereocenters. The number of aliphatic hydroxyl groups excluding tert-OH is 1. The van der Waals surface area contributed by atoms with Crippen LogP contribution in [0.3, 0.4) is 0 Å². The van der Waals surface area contributed by atoms with Crippen molar-refractivity contribution in [3.63, 3.8) is 0 Å². The van der Waals surface area contributed by atoms with Crippen LogP contribution in [0, 0.1) is 0 Å². The lowest BCUT2D eigenvalue weighted by atomic mass is 10.1. The van der Waals surface area contributed by atoms with E-state index in [1.807, 2.05) is 0 Å². The molecule has 0 aliphatic heterocycles. The number of ether oxygens (including phenoxy) is 4. The highest BCUT2D eigenvalue weighted by molar-refractivity contribution is 7.47. The molecule has 0 aromatic carbocycles. The van der Waals surface area contributed by atoms with Crippen molar-refractivity contribution >= 4 is 39.5 Å². The van der Waals surface area contributed by atoms with Gasteiger partial charge in [0.2, 0.25) is 0 Å². The van der Waals surface area contributed by atoms with Gasteiger partial charge in [0.05, 0.1) is 26.4 Å². The number of phosphoric ester groups is 2. The molecular formula is C85H144O17P2. The minimum absolute atomic E-state index is 0.0581. The van der Waals surface area contributed by atoms with Crippen molar-refractivity contribution in [3.8, 4) is 0 Å². The van der Waals surface area contributed by atoms with Gasteiger partial charge in [-0.15, -0.1) is 0 Å². The molecule has 0 bridgehead atoms. The monoisotopic (exact) mass is 1500 g/mol. The van der Waals surface area contributed by atoms with E-state index in [9.17, 15) is 43.2 Å². The van der Waals surface area contributed by atoms with Crippen LogP contribution in [0.1, 0.15) is 323 Å². The molecule has 0 spiro atoms. The molecule has 5 unspecified atom stereocenters. The molecule has 0 amide bonds. The van der Waals surface area contributed by atoms with Crippen molar-refractivity contribution in [2.45, 2.75) is 341 Å². The Morgan fingerprint density at radius 2 is 0.500 bits per heavy atom. The molecule has 0 saturated carbocycles. The maximum absolute atomic E-state index is 13.1. The summed E-state index contributed by atoms with van der Waals surface area (Å²) in [5.41, 5.74) is 0. The Morgan fingerprint density at radius 3 is 0.788 bits per heavy atom. The van der Waals surface area contributed by atoms with Crippen molar-refractivity contribution < 1.29 is 80.2 Å². The van der Waals surface area contributed by atoms with Crippen LogP contribution in [0.4, 0.5) is 0 Å². The van der Waals surface area contributed by atoms with Crippen molar-refractivity contribution in [1.82, 2.24) is 0 Å². The SMILES string of the molecule is CC/C=C\C/C=C\C/C=C\C/C=C\CCCCCCC(=O)OCC(COP(=O)(O)OCC(O)COP(=O)(O)OCC(COC(=O)CCCCCCCC/C=C\C/C=C\C/C=C\CCCCC)OC(=O)CCCCCCCCCCCCC)OC(=O)CCCCCC/C=C\C/C=C\C/C=C\C/C=C\CC. The van der Waals surface area contributed by atoms with Crippen LogP contribution in [0.25, 0.3) is 0 Å². The fourth-order valence-corrected chi connectivity index (χ4v) is 12.1. The number of hydrogen-bond acceptors (Lipinski definition) is 15. The first-order chi connectivity index (χ1) is 50.7. The number of aliphatic hydroxyl groups is 1. The third kappa shape index (κ3) is 75.4. The van der Waals surface area contributed by atoms with Gasteiger partial charge in [0.1, 0.15) is 19.3 Å². The zero-order chi connectivity index (χ0) is 76.0. The lowest BCUT2D eigenvalue weighted by Gasteiger charge is -2.21. The number of carbonyl (C=O) groups excluding carboxylic acids is 4. The van der Waals surface area contributed by atoms with E-state index in [1.54, 1.807) is 0 Å². The summed E-state index contributed by atoms with van der Waals surface area (Å²) in [5.74, 6) is -2.24. The van der Waals surface area contributed by atoms with E-state index < -0.39 is 97.5 Å². The summed E-state index contributed by atoms with van der Waals surface area (Å²) in [4.78, 5) is 73.0. The third-order valence-electron chi connectivity index (χ3n) is 16.6. The van der Waals surface area contributed by atoms with E-state index in [4.69, 9.17) is 37.0 Å². The number of allylic oxidation sites excluding steroid dienone is 22. The molecule has 104 heavy (non-hydrogen) atoms. The zero-order valence-electron chi connectivity index (χ0n) is 65.2. The second-order valence-electron chi connectivity index (χ2n) is 26.6. The molecule has 0 aromatic heterocycles. The molecule has 19 heteroatoms. The van der Waals surface area contributed by atoms with Gasteiger partial charge >= 0.3 is 39.5 Å². The minimum atomic E-state index is -4.99. The summed E-state index contributed by atoms with van der Waals surface area (Å²) >= 11 is 0. The summed E-state index contributed by atoms with van der Waals surface area (Å²) in [7, 11) is -9.98. The molecule has 0 aliphatic carbocycles. The summed E-state index contributed by atoms with van der Waals surface area (Å²) in [5, 5.41) is 10.6. The van der Waals surface area contributed by atoms with Gasteiger partial charge in [0, 0.05) is 25.7 Å². The van der Waals surface area contributed by atoms with Crippen LogP contribution in [0.2, 0.25) is 0 Å². The van der Waals surface area contributed by atoms with Crippen molar-refractivity contribution in [1.29, 1.82) is 0 Å². The number of phosphoric acid groups is 2. The van der Waals surface area contributed by atoms with E-state index in [2.05, 4.69) is 161 Å². The fourth-order valence-electron chi connectivity index (χ4n) is 10.5. The zero-order valence-corrected chi connectivity index (χ0v) is 66.9. The first-order valence-corrected chi connectivity index (χ1v) is 43.4. The highest BCUT2D eigenvalue weighted by Gasteiger charge is 2.30. The summed E-state index contributed by atoms with van der Waals surface area (Å²) in [6.45, 7) is 4.56. The molecule has 596 valence electrons. The summed E-state index contributed by atoms with van der Waals surface area (Å²) < 4.78 is 68.6. The van der Waals surface area contributed by atoms with Gasteiger partial charge in [-0.3, -0.25) is 37.3 Å². The quantitative estimate of drug-likeness (QED) is 0.0169. The summed E-state index contributed by atoms with van der Waals surface area (Å²) in [6.07, 6.45) is 85.7. The van der Waals surface area contributed by atoms with Crippen LogP contribution in [-0.4, -0.2) is 96.7 Å². The van der Waals surface area contributed by atoms with Crippen molar-refractivity contribution in [3.05, 3.63) is 134 Å². The second-order valence-corrected chi connectivity index (χ2v) is 29.5. The average molecular weight is 1500 g/mol. The summed E-state index contributed by atoms with van der Waals surface area (Å²) in [6, 6.07) is 0. The van der Waals surface area contributed by atoms with Gasteiger partial charge < -0.3 is 33.8 Å². The standard InChI is InChI=1S/C85H144O17P2/c1-5-9-13-17-21-25-29-32-35-38-39-42-44-47-51-54-58-62-66-70-82(87)95-75-80(101-84(89)71-67-63-59-55-49-28-24-20-16-12-8-4)77-99-103(91,92)97-73-79(86)74-98-104(93,94)100-78-81(102-85(90)72-68-64-60-56-52-48-45-41-37-34-31-27-23-19-15-11-7-3)76-96-83(88)69-65-61-57-53-50-46-43-40-36-33-30-26-22-18-14-10-6-2/h10-11,14-15,21-23,25-27,32-37,39,42-43,45-46,48,79-81,86H,5-9,12-13,16-20,24,28-31,38,40-41,44,47,49-78H2,1-4H3,(H,91,92)(H,93,94)/b14-10-,15-11-,25-21-,26-22-,27-23-,35-32-,36-33-,37-34-,42-39-,46-43-,48-45-. The van der Waals surface area contributed by atoms with E-state index in [0.717, 1.165) is 186 Å². The van der Waals surface area contributed by atoms with Crippen molar-refractivity contribution in [2.24, 2.45) is 0 Å². The van der Waals surface area contributed by atoms with Gasteiger partial charge in [0.25, 0.3) is 0 Å². The van der Waals surface area contributed by atoms with E-state index in [1.165, 1.54) is 57.8 Å². The molecule has 3 N–H and O–H groups in total. The molecule has 17 nitrogen and oxygen atoms in total. The van der Waals surface area contributed by atoms with Crippen LogP contribution >= 0.6 is 15.6 Å². The first kappa shape index (κ1) is 99.2. The van der Waals surface area contributed by atoms with Gasteiger partial charge in [0.15, 0.2) is 12.2 Å². The fraction of sp³-hybridized carbons (Fsp3) is 0.694. The first-order valence-electron chi connectivity index (χ1n) is 40.4. The Morgan fingerprint density at radius 1 is 0.279 bits per heavy atom. The Labute approximate surface area is 631 Å². The highest BCUT2D eigenvalue weighted by Crippen LogP contribution is 2.45. The minimum Gasteiger partial charge on any atom is -0.462 e. The number of hydrogen-bond donors (Lipinski definition) is 3. The molecule has 0 saturated heterocycles. The lowest BCUT2D eigenvalue weighted by Crippen LogP contribution is -2.30. The highest BCUT2D eigenvalue weighted by atomic mass is 31.2. The van der Waals surface area contributed by atoms with E-state index in [0.29, 0.717) is 25.7 Å². The van der Waals surface area contributed by atoms with Crippen LogP contribution in [0.5, 0.6) is 0 Å². The Kier molecular flexibility index (Phi) is 72.9. The molecule has 0 fully saturated rings. The molecule has 0 rings (SSSR count). The number of esters is 4. The largest absolute Gasteiger partial charge is 0.472 e. The Bertz CT molecular complexity index is 2490. The van der Waals surface area contributed by atoms with Crippen LogP contribution < -0.4 is 0 Å². The number of carbonyl (C=O) groups is 4. The maximum Gasteiger partial charge on any atom is 0.472 e.